The van der Waals surface area contributed by atoms with Gasteiger partial charge in [0, 0.05) is 26.0 Å². The van der Waals surface area contributed by atoms with Crippen LogP contribution in [0.4, 0.5) is 10.3 Å². The van der Waals surface area contributed by atoms with E-state index < -0.39 is 5.97 Å². The van der Waals surface area contributed by atoms with Crippen LogP contribution in [0, 0.1) is 5.82 Å². The Morgan fingerprint density at radius 2 is 2.05 bits per heavy atom. The third-order valence-corrected chi connectivity index (χ3v) is 2.54. The maximum absolute atomic E-state index is 13.0. The molecule has 19 heavy (non-hydrogen) atoms. The van der Waals surface area contributed by atoms with E-state index in [9.17, 15) is 9.18 Å². The lowest BCUT2D eigenvalue weighted by Gasteiger charge is -2.16. The Morgan fingerprint density at radius 1 is 1.37 bits per heavy atom. The molecular weight excluding hydrogens is 249 g/mol. The molecule has 0 spiro atoms. The van der Waals surface area contributed by atoms with Crippen LogP contribution >= 0.6 is 0 Å². The Morgan fingerprint density at radius 3 is 2.63 bits per heavy atom. The summed E-state index contributed by atoms with van der Waals surface area (Å²) in [5, 5.41) is 8.74. The van der Waals surface area contributed by atoms with Gasteiger partial charge in [-0.05, 0) is 17.7 Å². The van der Waals surface area contributed by atoms with Crippen LogP contribution in [-0.4, -0.2) is 28.1 Å². The molecule has 0 aliphatic rings. The molecule has 2 aromatic rings. The normalized spacial score (nSPS) is 10.2. The van der Waals surface area contributed by atoms with Crippen molar-refractivity contribution in [2.24, 2.45) is 0 Å². The number of hydrogen-bond donors (Lipinski definition) is 1. The minimum absolute atomic E-state index is 0.0305. The minimum Gasteiger partial charge on any atom is -0.478 e. The summed E-state index contributed by atoms with van der Waals surface area (Å²) in [6, 6.07) is 6.24. The number of rotatable bonds is 4. The van der Waals surface area contributed by atoms with Crippen molar-refractivity contribution in [3.8, 4) is 0 Å². The molecule has 0 aliphatic carbocycles. The predicted octanol–water partition coefficient (Wildman–Crippen LogP) is 1.95. The first-order valence-electron chi connectivity index (χ1n) is 5.57. The third-order valence-electron chi connectivity index (χ3n) is 2.54. The Hall–Kier alpha value is -2.50. The van der Waals surface area contributed by atoms with Crippen LogP contribution < -0.4 is 4.90 Å². The summed E-state index contributed by atoms with van der Waals surface area (Å²) in [4.78, 5) is 20.3. The van der Waals surface area contributed by atoms with Crippen molar-refractivity contribution in [1.82, 2.24) is 9.97 Å². The maximum Gasteiger partial charge on any atom is 0.338 e. The lowest BCUT2D eigenvalue weighted by molar-refractivity contribution is 0.0696. The molecule has 0 saturated carbocycles. The molecule has 0 fully saturated rings. The Kier molecular flexibility index (Phi) is 3.70. The highest BCUT2D eigenvalue weighted by Crippen LogP contribution is 2.11. The van der Waals surface area contributed by atoms with Gasteiger partial charge in [0.15, 0.2) is 0 Å². The maximum atomic E-state index is 13.0. The molecule has 6 heteroatoms. The lowest BCUT2D eigenvalue weighted by atomic mass is 10.2. The zero-order valence-electron chi connectivity index (χ0n) is 10.2. The molecule has 1 N–H and O–H groups in total. The average molecular weight is 261 g/mol. The second-order valence-corrected chi connectivity index (χ2v) is 4.06. The molecule has 0 saturated heterocycles. The molecule has 1 aromatic carbocycles. The van der Waals surface area contributed by atoms with Crippen molar-refractivity contribution in [3.05, 3.63) is 53.6 Å². The van der Waals surface area contributed by atoms with Crippen LogP contribution in [0.15, 0.2) is 36.7 Å². The number of halogens is 1. The van der Waals surface area contributed by atoms with Crippen molar-refractivity contribution >= 4 is 11.9 Å². The summed E-state index contributed by atoms with van der Waals surface area (Å²) in [5.74, 6) is -0.985. The molecule has 0 amide bonds. The SMILES string of the molecule is CN(Cc1cccc(F)c1)c1ncc(C(=O)O)cn1. The second-order valence-electron chi connectivity index (χ2n) is 4.06. The van der Waals surface area contributed by atoms with E-state index in [-0.39, 0.29) is 11.4 Å². The van der Waals surface area contributed by atoms with Crippen LogP contribution in [0.2, 0.25) is 0 Å². The van der Waals surface area contributed by atoms with Gasteiger partial charge in [-0.15, -0.1) is 0 Å². The highest BCUT2D eigenvalue weighted by Gasteiger charge is 2.08. The van der Waals surface area contributed by atoms with E-state index >= 15 is 0 Å². The van der Waals surface area contributed by atoms with Gasteiger partial charge >= 0.3 is 5.97 Å². The van der Waals surface area contributed by atoms with Crippen molar-refractivity contribution in [2.75, 3.05) is 11.9 Å². The van der Waals surface area contributed by atoms with E-state index in [0.29, 0.717) is 12.5 Å². The van der Waals surface area contributed by atoms with Gasteiger partial charge in [-0.1, -0.05) is 12.1 Å². The van der Waals surface area contributed by atoms with E-state index in [1.165, 1.54) is 24.5 Å². The van der Waals surface area contributed by atoms with Crippen LogP contribution in [0.3, 0.4) is 0 Å². The molecule has 98 valence electrons. The predicted molar refractivity (Wildman–Crippen MR) is 67.5 cm³/mol. The molecule has 0 atom stereocenters. The Bertz CT molecular complexity index is 587. The van der Waals surface area contributed by atoms with Crippen LogP contribution in [-0.2, 0) is 6.54 Å². The lowest BCUT2D eigenvalue weighted by Crippen LogP contribution is -2.19. The standard InChI is InChI=1S/C13H12FN3O2/c1-17(8-9-3-2-4-11(14)5-9)13-15-6-10(7-16-13)12(18)19/h2-7H,8H2,1H3,(H,18,19). The molecule has 1 aromatic heterocycles. The van der Waals surface area contributed by atoms with Gasteiger partial charge in [0.25, 0.3) is 0 Å². The van der Waals surface area contributed by atoms with E-state index in [1.807, 2.05) is 0 Å². The van der Waals surface area contributed by atoms with E-state index in [1.54, 1.807) is 24.1 Å². The highest BCUT2D eigenvalue weighted by molar-refractivity contribution is 5.86. The number of benzene rings is 1. The molecule has 0 radical (unpaired) electrons. The molecule has 0 unspecified atom stereocenters. The van der Waals surface area contributed by atoms with Gasteiger partial charge in [0.2, 0.25) is 5.95 Å². The first kappa shape index (κ1) is 12.9. The summed E-state index contributed by atoms with van der Waals surface area (Å²) >= 11 is 0. The summed E-state index contributed by atoms with van der Waals surface area (Å²) in [6.45, 7) is 0.435. The van der Waals surface area contributed by atoms with Gasteiger partial charge in [0.05, 0.1) is 5.56 Å². The fraction of sp³-hybridized carbons (Fsp3) is 0.154. The summed E-state index contributed by atoms with van der Waals surface area (Å²) in [6.07, 6.45) is 2.49. The minimum atomic E-state index is -1.07. The second kappa shape index (κ2) is 5.43. The smallest absolute Gasteiger partial charge is 0.338 e. The molecular formula is C13H12FN3O2. The number of hydrogen-bond acceptors (Lipinski definition) is 4. The summed E-state index contributed by atoms with van der Waals surface area (Å²) in [7, 11) is 1.75. The fourth-order valence-electron chi connectivity index (χ4n) is 1.61. The van der Waals surface area contributed by atoms with Gasteiger partial charge in [-0.2, -0.15) is 0 Å². The van der Waals surface area contributed by atoms with Gasteiger partial charge < -0.3 is 10.0 Å². The number of carboxylic acid groups (broad SMARTS) is 1. The number of aromatic carboxylic acids is 1. The topological polar surface area (TPSA) is 66.3 Å². The monoisotopic (exact) mass is 261 g/mol. The van der Waals surface area contributed by atoms with Crippen molar-refractivity contribution in [2.45, 2.75) is 6.54 Å². The van der Waals surface area contributed by atoms with E-state index in [4.69, 9.17) is 5.11 Å². The number of nitrogens with zero attached hydrogens (tertiary/aromatic N) is 3. The highest BCUT2D eigenvalue weighted by atomic mass is 19.1. The van der Waals surface area contributed by atoms with Crippen LogP contribution in [0.1, 0.15) is 15.9 Å². The molecule has 0 bridgehead atoms. The Labute approximate surface area is 109 Å². The number of anilines is 1. The van der Waals surface area contributed by atoms with Crippen LogP contribution in [0.5, 0.6) is 0 Å². The zero-order valence-corrected chi connectivity index (χ0v) is 10.2. The van der Waals surface area contributed by atoms with Gasteiger partial charge in [-0.25, -0.2) is 19.2 Å². The zero-order chi connectivity index (χ0) is 13.8. The summed E-state index contributed by atoms with van der Waals surface area (Å²) < 4.78 is 13.0. The number of carboxylic acids is 1. The first-order chi connectivity index (χ1) is 9.06. The van der Waals surface area contributed by atoms with Crippen LogP contribution in [0.25, 0.3) is 0 Å². The van der Waals surface area contributed by atoms with Crippen molar-refractivity contribution in [1.29, 1.82) is 0 Å². The largest absolute Gasteiger partial charge is 0.478 e. The van der Waals surface area contributed by atoms with E-state index in [2.05, 4.69) is 9.97 Å². The first-order valence-corrected chi connectivity index (χ1v) is 5.57. The summed E-state index contributed by atoms with van der Waals surface area (Å²) in [5.41, 5.74) is 0.816. The number of aromatic nitrogens is 2. The fourth-order valence-corrected chi connectivity index (χ4v) is 1.61. The molecule has 0 aliphatic heterocycles. The van der Waals surface area contributed by atoms with E-state index in [0.717, 1.165) is 5.56 Å². The third kappa shape index (κ3) is 3.25. The number of carbonyl (C=O) groups is 1. The van der Waals surface area contributed by atoms with Gasteiger partial charge in [0.1, 0.15) is 5.82 Å². The molecule has 2 rings (SSSR count). The molecule has 1 heterocycles. The molecule has 5 nitrogen and oxygen atoms in total. The average Bonchev–Trinajstić information content (AvgIpc) is 2.39. The van der Waals surface area contributed by atoms with Crippen molar-refractivity contribution < 1.29 is 14.3 Å². The quantitative estimate of drug-likeness (QED) is 0.911. The van der Waals surface area contributed by atoms with Crippen molar-refractivity contribution in [3.63, 3.8) is 0 Å². The van der Waals surface area contributed by atoms with Gasteiger partial charge in [-0.3, -0.25) is 0 Å². The Balaban J connectivity index is 2.11.